The van der Waals surface area contributed by atoms with E-state index in [-0.39, 0.29) is 29.6 Å². The second-order valence-electron chi connectivity index (χ2n) is 8.14. The monoisotopic (exact) mass is 318 g/mol. The van der Waals surface area contributed by atoms with E-state index < -0.39 is 0 Å². The molecule has 126 valence electrons. The molecule has 0 amide bonds. The minimum absolute atomic E-state index is 0.0865. The maximum Gasteiger partial charge on any atom is 0.330 e. The number of carbonyl (C=O) groups excluding carboxylic acids is 2. The molecule has 0 bridgehead atoms. The van der Waals surface area contributed by atoms with Gasteiger partial charge in [0.2, 0.25) is 0 Å². The van der Waals surface area contributed by atoms with E-state index in [0.717, 1.165) is 38.5 Å². The number of esters is 2. The third-order valence-electron chi connectivity index (χ3n) is 7.14. The summed E-state index contributed by atoms with van der Waals surface area (Å²) in [4.78, 5) is 22.9. The molecule has 0 saturated heterocycles. The van der Waals surface area contributed by atoms with Crippen LogP contribution in [0.1, 0.15) is 52.4 Å². The van der Waals surface area contributed by atoms with Crippen LogP contribution >= 0.6 is 0 Å². The van der Waals surface area contributed by atoms with Gasteiger partial charge in [-0.25, -0.2) is 4.79 Å². The van der Waals surface area contributed by atoms with Gasteiger partial charge in [0.05, 0.1) is 0 Å². The summed E-state index contributed by atoms with van der Waals surface area (Å²) >= 11 is 0. The summed E-state index contributed by atoms with van der Waals surface area (Å²) in [5.41, 5.74) is 0.134. The van der Waals surface area contributed by atoms with Crippen LogP contribution in [0.5, 0.6) is 0 Å². The van der Waals surface area contributed by atoms with Gasteiger partial charge in [-0.05, 0) is 56.3 Å². The molecule has 4 rings (SSSR count). The molecule has 0 spiro atoms. The predicted octanol–water partition coefficient (Wildman–Crippen LogP) is 3.25. The SMILES string of the molecule is CC(=O)O[C@@H]1CC[C@@H]2[C@H]3CC[C@H]4OC(=O)C=C[C@@H]4[C@@H]3CC[C@@]21C. The van der Waals surface area contributed by atoms with Gasteiger partial charge in [-0.2, -0.15) is 0 Å². The Morgan fingerprint density at radius 1 is 1.22 bits per heavy atom. The first-order valence-corrected chi connectivity index (χ1v) is 9.05. The van der Waals surface area contributed by atoms with Gasteiger partial charge >= 0.3 is 11.9 Å². The molecular weight excluding hydrogens is 292 g/mol. The molecule has 1 aliphatic heterocycles. The van der Waals surface area contributed by atoms with E-state index in [2.05, 4.69) is 13.0 Å². The highest BCUT2D eigenvalue weighted by Gasteiger charge is 2.58. The topological polar surface area (TPSA) is 52.6 Å². The van der Waals surface area contributed by atoms with E-state index in [0.29, 0.717) is 23.7 Å². The molecule has 0 aromatic rings. The summed E-state index contributed by atoms with van der Waals surface area (Å²) < 4.78 is 11.2. The molecule has 4 heteroatoms. The van der Waals surface area contributed by atoms with Gasteiger partial charge in [0.1, 0.15) is 12.2 Å². The normalized spacial score (nSPS) is 48.0. The Morgan fingerprint density at radius 2 is 2.04 bits per heavy atom. The maximum atomic E-state index is 11.5. The van der Waals surface area contributed by atoms with Gasteiger partial charge in [-0.1, -0.05) is 13.0 Å². The molecule has 4 nitrogen and oxygen atoms in total. The van der Waals surface area contributed by atoms with Crippen molar-refractivity contribution >= 4 is 11.9 Å². The molecule has 0 aromatic heterocycles. The molecule has 23 heavy (non-hydrogen) atoms. The molecule has 7 atom stereocenters. The van der Waals surface area contributed by atoms with Gasteiger partial charge in [-0.3, -0.25) is 4.79 Å². The Balaban J connectivity index is 1.57. The number of rotatable bonds is 1. The summed E-state index contributed by atoms with van der Waals surface area (Å²) in [5.74, 6) is 2.00. The molecule has 1 heterocycles. The van der Waals surface area contributed by atoms with Gasteiger partial charge in [0.15, 0.2) is 0 Å². The minimum atomic E-state index is -0.180. The first-order chi connectivity index (χ1) is 11.0. The van der Waals surface area contributed by atoms with Crippen molar-refractivity contribution in [2.75, 3.05) is 0 Å². The highest BCUT2D eigenvalue weighted by Crippen LogP contribution is 2.61. The molecule has 0 unspecified atom stereocenters. The molecular formula is C19H26O4. The van der Waals surface area contributed by atoms with Crippen molar-refractivity contribution in [2.45, 2.75) is 64.6 Å². The fraction of sp³-hybridized carbons (Fsp3) is 0.789. The van der Waals surface area contributed by atoms with Crippen LogP contribution in [-0.2, 0) is 19.1 Å². The van der Waals surface area contributed by atoms with Gasteiger partial charge < -0.3 is 9.47 Å². The standard InChI is InChI=1S/C19H26O4/c1-11(20)22-17-7-5-15-13-3-6-16-14(4-8-18(21)23-16)12(13)9-10-19(15,17)2/h4,8,12-17H,3,5-7,9-10H2,1-2H3/t12-,13+,14-,15-,16-,17-,19+/m1/s1. The van der Waals surface area contributed by atoms with E-state index in [1.54, 1.807) is 6.08 Å². The van der Waals surface area contributed by atoms with Crippen LogP contribution in [-0.4, -0.2) is 24.1 Å². The number of hydrogen-bond acceptors (Lipinski definition) is 4. The number of fused-ring (bicyclic) bond motifs is 5. The number of ether oxygens (including phenoxy) is 2. The zero-order valence-corrected chi connectivity index (χ0v) is 14.0. The number of hydrogen-bond donors (Lipinski definition) is 0. The largest absolute Gasteiger partial charge is 0.462 e. The second-order valence-corrected chi connectivity index (χ2v) is 8.14. The summed E-state index contributed by atoms with van der Waals surface area (Å²) in [6, 6.07) is 0. The first-order valence-electron chi connectivity index (χ1n) is 9.05. The lowest BCUT2D eigenvalue weighted by molar-refractivity contribution is -0.161. The molecule has 0 radical (unpaired) electrons. The average Bonchev–Trinajstić information content (AvgIpc) is 2.83. The molecule has 3 saturated carbocycles. The van der Waals surface area contributed by atoms with Crippen LogP contribution in [0.25, 0.3) is 0 Å². The Kier molecular flexibility index (Phi) is 3.54. The van der Waals surface area contributed by atoms with E-state index in [1.165, 1.54) is 6.92 Å². The zero-order chi connectivity index (χ0) is 16.2. The highest BCUT2D eigenvalue weighted by atomic mass is 16.5. The Hall–Kier alpha value is -1.32. The van der Waals surface area contributed by atoms with E-state index in [9.17, 15) is 9.59 Å². The smallest absolute Gasteiger partial charge is 0.330 e. The molecule has 0 aromatic carbocycles. The summed E-state index contributed by atoms with van der Waals surface area (Å²) in [6.45, 7) is 3.85. The second kappa shape index (κ2) is 5.35. The van der Waals surface area contributed by atoms with Crippen LogP contribution in [0.15, 0.2) is 12.2 Å². The van der Waals surface area contributed by atoms with Crippen molar-refractivity contribution in [3.05, 3.63) is 12.2 Å². The Morgan fingerprint density at radius 3 is 2.83 bits per heavy atom. The van der Waals surface area contributed by atoms with Gasteiger partial charge in [0.25, 0.3) is 0 Å². The van der Waals surface area contributed by atoms with Crippen molar-refractivity contribution in [3.63, 3.8) is 0 Å². The van der Waals surface area contributed by atoms with Crippen LogP contribution in [0.4, 0.5) is 0 Å². The zero-order valence-electron chi connectivity index (χ0n) is 14.0. The number of carbonyl (C=O) groups is 2. The average molecular weight is 318 g/mol. The Bertz CT molecular complexity index is 554. The van der Waals surface area contributed by atoms with Crippen molar-refractivity contribution in [3.8, 4) is 0 Å². The highest BCUT2D eigenvalue weighted by molar-refractivity contribution is 5.83. The third-order valence-corrected chi connectivity index (χ3v) is 7.14. The predicted molar refractivity (Wildman–Crippen MR) is 84.3 cm³/mol. The van der Waals surface area contributed by atoms with Crippen molar-refractivity contribution in [1.82, 2.24) is 0 Å². The van der Waals surface area contributed by atoms with E-state index >= 15 is 0 Å². The lowest BCUT2D eigenvalue weighted by Crippen LogP contribution is -2.51. The van der Waals surface area contributed by atoms with Gasteiger partial charge in [0, 0.05) is 24.3 Å². The van der Waals surface area contributed by atoms with Crippen molar-refractivity contribution in [2.24, 2.45) is 29.1 Å². The lowest BCUT2D eigenvalue weighted by atomic mass is 9.53. The van der Waals surface area contributed by atoms with Crippen LogP contribution in [0, 0.1) is 29.1 Å². The summed E-state index contributed by atoms with van der Waals surface area (Å²) in [7, 11) is 0. The Labute approximate surface area is 137 Å². The van der Waals surface area contributed by atoms with Crippen LogP contribution in [0.3, 0.4) is 0 Å². The lowest BCUT2D eigenvalue weighted by Gasteiger charge is -2.53. The summed E-state index contributed by atoms with van der Waals surface area (Å²) in [6.07, 6.45) is 10.4. The van der Waals surface area contributed by atoms with Gasteiger partial charge in [-0.15, -0.1) is 0 Å². The molecule has 3 fully saturated rings. The fourth-order valence-electron chi connectivity index (χ4n) is 6.16. The van der Waals surface area contributed by atoms with Crippen molar-refractivity contribution < 1.29 is 19.1 Å². The fourth-order valence-corrected chi connectivity index (χ4v) is 6.16. The summed E-state index contributed by atoms with van der Waals surface area (Å²) in [5, 5.41) is 0. The quantitative estimate of drug-likeness (QED) is 0.696. The third kappa shape index (κ3) is 2.33. The first kappa shape index (κ1) is 15.2. The van der Waals surface area contributed by atoms with Crippen LogP contribution in [0.2, 0.25) is 0 Å². The molecule has 0 N–H and O–H groups in total. The van der Waals surface area contributed by atoms with E-state index in [4.69, 9.17) is 9.47 Å². The van der Waals surface area contributed by atoms with Crippen molar-refractivity contribution in [1.29, 1.82) is 0 Å². The van der Waals surface area contributed by atoms with Crippen LogP contribution < -0.4 is 0 Å². The molecule has 4 aliphatic rings. The van der Waals surface area contributed by atoms with E-state index in [1.807, 2.05) is 0 Å². The minimum Gasteiger partial charge on any atom is -0.462 e. The maximum absolute atomic E-state index is 11.5. The molecule has 3 aliphatic carbocycles.